The first-order valence-electron chi connectivity index (χ1n) is 7.57. The Labute approximate surface area is 125 Å². The zero-order valence-corrected chi connectivity index (χ0v) is 12.4. The topological polar surface area (TPSA) is 52.6 Å². The summed E-state index contributed by atoms with van der Waals surface area (Å²) in [5, 5.41) is 12.0. The van der Waals surface area contributed by atoms with Crippen molar-refractivity contribution in [3.63, 3.8) is 0 Å². The third-order valence-corrected chi connectivity index (χ3v) is 4.16. The minimum absolute atomic E-state index is 0.0344. The van der Waals surface area contributed by atoms with Crippen LogP contribution in [-0.2, 0) is 0 Å². The van der Waals surface area contributed by atoms with E-state index in [2.05, 4.69) is 5.32 Å². The highest BCUT2D eigenvalue weighted by Gasteiger charge is 2.30. The molecule has 2 unspecified atom stereocenters. The number of amides is 2. The molecule has 5 heteroatoms. The SMILES string of the molecule is CCN(CCO)C(=O)NC1CCCC1c1ccc(F)cc1. The first-order valence-corrected chi connectivity index (χ1v) is 7.57. The molecule has 4 nitrogen and oxygen atoms in total. The average Bonchev–Trinajstić information content (AvgIpc) is 2.93. The van der Waals surface area contributed by atoms with E-state index in [0.29, 0.717) is 13.1 Å². The van der Waals surface area contributed by atoms with Crippen molar-refractivity contribution < 1.29 is 14.3 Å². The highest BCUT2D eigenvalue weighted by molar-refractivity contribution is 5.74. The molecule has 1 aliphatic carbocycles. The standard InChI is InChI=1S/C16H23FN2O2/c1-2-19(10-11-20)16(21)18-15-5-3-4-14(15)12-6-8-13(17)9-7-12/h6-9,14-15,20H,2-5,10-11H2,1H3,(H,18,21). The molecule has 0 bridgehead atoms. The normalized spacial score (nSPS) is 21.3. The number of aliphatic hydroxyl groups is 1. The van der Waals surface area contributed by atoms with E-state index in [9.17, 15) is 9.18 Å². The number of nitrogens with zero attached hydrogens (tertiary/aromatic N) is 1. The Bertz CT molecular complexity index is 464. The van der Waals surface area contributed by atoms with Crippen LogP contribution in [0.15, 0.2) is 24.3 Å². The molecule has 2 amide bonds. The van der Waals surface area contributed by atoms with Crippen LogP contribution < -0.4 is 5.32 Å². The van der Waals surface area contributed by atoms with E-state index in [1.165, 1.54) is 12.1 Å². The van der Waals surface area contributed by atoms with Crippen LogP contribution in [0.5, 0.6) is 0 Å². The van der Waals surface area contributed by atoms with E-state index < -0.39 is 0 Å². The third-order valence-electron chi connectivity index (χ3n) is 4.16. The molecule has 0 aliphatic heterocycles. The highest BCUT2D eigenvalue weighted by atomic mass is 19.1. The summed E-state index contributed by atoms with van der Waals surface area (Å²) in [6.07, 6.45) is 2.99. The van der Waals surface area contributed by atoms with E-state index in [0.717, 1.165) is 24.8 Å². The summed E-state index contributed by atoms with van der Waals surface area (Å²) >= 11 is 0. The first kappa shape index (κ1) is 15.8. The second-order valence-electron chi connectivity index (χ2n) is 5.45. The summed E-state index contributed by atoms with van der Waals surface area (Å²) in [4.78, 5) is 13.8. The number of hydrogen-bond donors (Lipinski definition) is 2. The number of urea groups is 1. The summed E-state index contributed by atoms with van der Waals surface area (Å²) in [5.41, 5.74) is 1.07. The molecule has 1 aromatic carbocycles. The maximum atomic E-state index is 13.0. The molecule has 116 valence electrons. The van der Waals surface area contributed by atoms with Crippen LogP contribution in [0, 0.1) is 5.82 Å². The van der Waals surface area contributed by atoms with Crippen LogP contribution in [0.4, 0.5) is 9.18 Å². The fourth-order valence-corrected chi connectivity index (χ4v) is 3.02. The van der Waals surface area contributed by atoms with Gasteiger partial charge in [-0.25, -0.2) is 9.18 Å². The van der Waals surface area contributed by atoms with Gasteiger partial charge in [0.15, 0.2) is 0 Å². The van der Waals surface area contributed by atoms with Crippen LogP contribution >= 0.6 is 0 Å². The molecule has 1 aliphatic rings. The van der Waals surface area contributed by atoms with Gasteiger partial charge in [-0.15, -0.1) is 0 Å². The van der Waals surface area contributed by atoms with Crippen molar-refractivity contribution in [2.75, 3.05) is 19.7 Å². The Balaban J connectivity index is 2.01. The largest absolute Gasteiger partial charge is 0.395 e. The lowest BCUT2D eigenvalue weighted by Crippen LogP contribution is -2.46. The fourth-order valence-electron chi connectivity index (χ4n) is 3.02. The molecular formula is C16H23FN2O2. The van der Waals surface area contributed by atoms with Gasteiger partial charge in [-0.05, 0) is 37.5 Å². The lowest BCUT2D eigenvalue weighted by Gasteiger charge is -2.26. The third kappa shape index (κ3) is 3.94. The Morgan fingerprint density at radius 3 is 2.71 bits per heavy atom. The van der Waals surface area contributed by atoms with Crippen molar-refractivity contribution in [3.05, 3.63) is 35.6 Å². The van der Waals surface area contributed by atoms with Gasteiger partial charge in [0.25, 0.3) is 0 Å². The summed E-state index contributed by atoms with van der Waals surface area (Å²) in [6.45, 7) is 2.77. The van der Waals surface area contributed by atoms with Crippen LogP contribution in [0.1, 0.15) is 37.7 Å². The number of nitrogens with one attached hydrogen (secondary N) is 1. The van der Waals surface area contributed by atoms with Crippen LogP contribution in [-0.4, -0.2) is 41.8 Å². The van der Waals surface area contributed by atoms with E-state index >= 15 is 0 Å². The maximum Gasteiger partial charge on any atom is 0.317 e. The predicted octanol–water partition coefficient (Wildman–Crippen LogP) is 2.49. The van der Waals surface area contributed by atoms with Crippen LogP contribution in [0.3, 0.4) is 0 Å². The second-order valence-corrected chi connectivity index (χ2v) is 5.45. The van der Waals surface area contributed by atoms with Gasteiger partial charge in [-0.1, -0.05) is 18.6 Å². The molecule has 2 atom stereocenters. The number of rotatable bonds is 5. The van der Waals surface area contributed by atoms with Crippen molar-refractivity contribution in [1.29, 1.82) is 0 Å². The molecule has 21 heavy (non-hydrogen) atoms. The summed E-state index contributed by atoms with van der Waals surface area (Å²) in [7, 11) is 0. The number of benzene rings is 1. The highest BCUT2D eigenvalue weighted by Crippen LogP contribution is 2.34. The predicted molar refractivity (Wildman–Crippen MR) is 79.6 cm³/mol. The molecule has 1 aromatic rings. The number of aliphatic hydroxyl groups excluding tert-OH is 1. The van der Waals surface area contributed by atoms with Gasteiger partial charge in [0.05, 0.1) is 6.61 Å². The van der Waals surface area contributed by atoms with Gasteiger partial charge >= 0.3 is 6.03 Å². The lowest BCUT2D eigenvalue weighted by molar-refractivity contribution is 0.176. The second kappa shape index (κ2) is 7.41. The summed E-state index contributed by atoms with van der Waals surface area (Å²) < 4.78 is 13.0. The van der Waals surface area contributed by atoms with Crippen molar-refractivity contribution in [3.8, 4) is 0 Å². The molecule has 2 rings (SSSR count). The monoisotopic (exact) mass is 294 g/mol. The van der Waals surface area contributed by atoms with Crippen molar-refractivity contribution in [2.24, 2.45) is 0 Å². The van der Waals surface area contributed by atoms with E-state index in [-0.39, 0.29) is 30.4 Å². The Morgan fingerprint density at radius 1 is 1.38 bits per heavy atom. The van der Waals surface area contributed by atoms with Crippen molar-refractivity contribution in [1.82, 2.24) is 10.2 Å². The minimum atomic E-state index is -0.238. The molecule has 1 fully saturated rings. The van der Waals surface area contributed by atoms with Crippen LogP contribution in [0.2, 0.25) is 0 Å². The number of halogens is 1. The number of carbonyl (C=O) groups excluding carboxylic acids is 1. The molecule has 2 N–H and O–H groups in total. The Kier molecular flexibility index (Phi) is 5.56. The number of carbonyl (C=O) groups is 1. The van der Waals surface area contributed by atoms with E-state index in [1.807, 2.05) is 6.92 Å². The zero-order chi connectivity index (χ0) is 15.2. The van der Waals surface area contributed by atoms with Gasteiger partial charge in [0.1, 0.15) is 5.82 Å². The smallest absolute Gasteiger partial charge is 0.317 e. The van der Waals surface area contributed by atoms with Crippen molar-refractivity contribution >= 4 is 6.03 Å². The summed E-state index contributed by atoms with van der Waals surface area (Å²) in [5.74, 6) is -0.000168. The quantitative estimate of drug-likeness (QED) is 0.876. The van der Waals surface area contributed by atoms with Gasteiger partial charge in [-0.3, -0.25) is 0 Å². The fraction of sp³-hybridized carbons (Fsp3) is 0.562. The minimum Gasteiger partial charge on any atom is -0.395 e. The maximum absolute atomic E-state index is 13.0. The molecule has 0 heterocycles. The average molecular weight is 294 g/mol. The van der Waals surface area contributed by atoms with E-state index in [4.69, 9.17) is 5.11 Å². The molecule has 0 aromatic heterocycles. The number of likely N-dealkylation sites (N-methyl/N-ethyl adjacent to an activating group) is 1. The molecule has 1 saturated carbocycles. The van der Waals surface area contributed by atoms with Gasteiger partial charge in [0.2, 0.25) is 0 Å². The Hall–Kier alpha value is -1.62. The number of hydrogen-bond acceptors (Lipinski definition) is 2. The van der Waals surface area contributed by atoms with Crippen molar-refractivity contribution in [2.45, 2.75) is 38.1 Å². The Morgan fingerprint density at radius 2 is 2.10 bits per heavy atom. The molecule has 0 radical (unpaired) electrons. The molecular weight excluding hydrogens is 271 g/mol. The molecule has 0 saturated heterocycles. The lowest BCUT2D eigenvalue weighted by atomic mass is 9.94. The van der Waals surface area contributed by atoms with Gasteiger partial charge < -0.3 is 15.3 Å². The van der Waals surface area contributed by atoms with Gasteiger partial charge in [0, 0.05) is 25.0 Å². The molecule has 0 spiro atoms. The van der Waals surface area contributed by atoms with Gasteiger partial charge in [-0.2, -0.15) is 0 Å². The summed E-state index contributed by atoms with van der Waals surface area (Å²) in [6, 6.07) is 6.49. The van der Waals surface area contributed by atoms with E-state index in [1.54, 1.807) is 17.0 Å². The van der Waals surface area contributed by atoms with Crippen LogP contribution in [0.25, 0.3) is 0 Å². The zero-order valence-electron chi connectivity index (χ0n) is 12.4. The first-order chi connectivity index (χ1) is 10.2.